The molecule has 6 aliphatic rings. The number of hydrogen-bond donors (Lipinski definition) is 1. The van der Waals surface area contributed by atoms with Crippen LogP contribution in [0.25, 0.3) is 0 Å². The summed E-state index contributed by atoms with van der Waals surface area (Å²) in [4.78, 5) is 38.2. The van der Waals surface area contributed by atoms with Crippen LogP contribution in [0.3, 0.4) is 0 Å². The predicted octanol–water partition coefficient (Wildman–Crippen LogP) is 7.78. The summed E-state index contributed by atoms with van der Waals surface area (Å²) in [6.07, 6.45) is 9.26. The average molecular weight is 597 g/mol. The van der Waals surface area contributed by atoms with Gasteiger partial charge in [0, 0.05) is 17.3 Å². The molecule has 0 radical (unpaired) electrons. The molecule has 1 heterocycles. The van der Waals surface area contributed by atoms with Crippen LogP contribution in [0.1, 0.15) is 127 Å². The van der Waals surface area contributed by atoms with E-state index in [-0.39, 0.29) is 51.6 Å². The monoisotopic (exact) mass is 596 g/mol. The molecule has 9 atom stereocenters. The van der Waals surface area contributed by atoms with E-state index in [1.54, 1.807) is 13.8 Å². The maximum absolute atomic E-state index is 13.6. The molecule has 43 heavy (non-hydrogen) atoms. The van der Waals surface area contributed by atoms with E-state index in [0.29, 0.717) is 30.0 Å². The molecule has 0 aromatic carbocycles. The van der Waals surface area contributed by atoms with Crippen molar-refractivity contribution >= 4 is 17.7 Å². The molecule has 5 aliphatic carbocycles. The third kappa shape index (κ3) is 4.23. The van der Waals surface area contributed by atoms with E-state index in [4.69, 9.17) is 9.47 Å². The first-order valence-electron chi connectivity index (χ1n) is 17.2. The largest absolute Gasteiger partial charge is 0.481 e. The summed E-state index contributed by atoms with van der Waals surface area (Å²) in [5.41, 5.74) is 1.71. The number of allylic oxidation sites excluding steroid dienone is 1. The Labute approximate surface area is 259 Å². The molecule has 1 saturated heterocycles. The smallest absolute Gasteiger partial charge is 0.309 e. The fourth-order valence-electron chi connectivity index (χ4n) is 12.3. The van der Waals surface area contributed by atoms with Crippen molar-refractivity contribution in [3.05, 3.63) is 11.1 Å². The summed E-state index contributed by atoms with van der Waals surface area (Å²) in [6.45, 7) is 20.7. The number of carboxylic acid groups (broad SMARTS) is 1. The lowest BCUT2D eigenvalue weighted by atomic mass is 9.33. The van der Waals surface area contributed by atoms with Gasteiger partial charge in [-0.25, -0.2) is 0 Å². The van der Waals surface area contributed by atoms with Gasteiger partial charge in [-0.3, -0.25) is 14.4 Å². The number of ketones is 1. The van der Waals surface area contributed by atoms with E-state index in [1.165, 1.54) is 12.0 Å². The number of carbonyl (C=O) groups is 3. The lowest BCUT2D eigenvalue weighted by Gasteiger charge is -2.72. The van der Waals surface area contributed by atoms with E-state index < -0.39 is 17.4 Å². The highest BCUT2D eigenvalue weighted by Gasteiger charge is 2.71. The molecule has 0 spiro atoms. The minimum absolute atomic E-state index is 0.0652. The molecule has 0 bridgehead atoms. The molecule has 240 valence electrons. The first-order valence-corrected chi connectivity index (χ1v) is 17.2. The zero-order valence-corrected chi connectivity index (χ0v) is 28.2. The number of epoxide rings is 1. The second kappa shape index (κ2) is 9.66. The van der Waals surface area contributed by atoms with Crippen molar-refractivity contribution in [2.24, 2.45) is 56.2 Å². The molecule has 0 unspecified atom stereocenters. The van der Waals surface area contributed by atoms with Crippen LogP contribution in [0.4, 0.5) is 0 Å². The van der Waals surface area contributed by atoms with Crippen LogP contribution in [0.2, 0.25) is 0 Å². The third-order valence-electron chi connectivity index (χ3n) is 14.8. The Kier molecular flexibility index (Phi) is 7.03. The summed E-state index contributed by atoms with van der Waals surface area (Å²) in [5, 5.41) is 9.54. The molecule has 6 nitrogen and oxygen atoms in total. The van der Waals surface area contributed by atoms with Crippen molar-refractivity contribution in [2.45, 2.75) is 139 Å². The Bertz CT molecular complexity index is 1260. The number of Topliss-reactive ketones (excluding diaryl/α,β-unsaturated/α-hetero) is 1. The highest BCUT2D eigenvalue weighted by Crippen LogP contribution is 2.77. The summed E-state index contributed by atoms with van der Waals surface area (Å²) in [5.74, 6) is 0.716. The molecular formula is C37H56O6. The first kappa shape index (κ1) is 31.3. The predicted molar refractivity (Wildman–Crippen MR) is 165 cm³/mol. The highest BCUT2D eigenvalue weighted by atomic mass is 16.6. The van der Waals surface area contributed by atoms with Crippen LogP contribution < -0.4 is 0 Å². The molecular weight excluding hydrogens is 540 g/mol. The molecule has 0 aromatic heterocycles. The Morgan fingerprint density at radius 1 is 0.953 bits per heavy atom. The number of carboxylic acids is 1. The second-order valence-electron chi connectivity index (χ2n) is 17.9. The topological polar surface area (TPSA) is 93.2 Å². The summed E-state index contributed by atoms with van der Waals surface area (Å²) < 4.78 is 12.1. The molecule has 1 N–H and O–H groups in total. The summed E-state index contributed by atoms with van der Waals surface area (Å²) in [6, 6.07) is 0. The van der Waals surface area contributed by atoms with Crippen molar-refractivity contribution < 1.29 is 29.0 Å². The van der Waals surface area contributed by atoms with Gasteiger partial charge >= 0.3 is 11.9 Å². The quantitative estimate of drug-likeness (QED) is 0.249. The van der Waals surface area contributed by atoms with Crippen LogP contribution in [-0.2, 0) is 23.9 Å². The van der Waals surface area contributed by atoms with Gasteiger partial charge in [0.15, 0.2) is 5.78 Å². The number of hydrogen-bond acceptors (Lipinski definition) is 5. The van der Waals surface area contributed by atoms with Gasteiger partial charge in [0.2, 0.25) is 0 Å². The lowest BCUT2D eigenvalue weighted by Crippen LogP contribution is -2.66. The van der Waals surface area contributed by atoms with Crippen molar-refractivity contribution in [3.63, 3.8) is 0 Å². The van der Waals surface area contributed by atoms with Gasteiger partial charge < -0.3 is 14.6 Å². The highest BCUT2D eigenvalue weighted by molar-refractivity contribution is 6.01. The molecule has 6 rings (SSSR count). The third-order valence-corrected chi connectivity index (χ3v) is 14.8. The number of fused-ring (bicyclic) bond motifs is 7. The van der Waals surface area contributed by atoms with Gasteiger partial charge in [0.05, 0.1) is 24.5 Å². The van der Waals surface area contributed by atoms with E-state index in [1.807, 2.05) is 0 Å². The molecule has 0 amide bonds. The van der Waals surface area contributed by atoms with Gasteiger partial charge in [0.25, 0.3) is 0 Å². The van der Waals surface area contributed by atoms with Crippen molar-refractivity contribution in [3.8, 4) is 0 Å². The summed E-state index contributed by atoms with van der Waals surface area (Å²) >= 11 is 0. The maximum Gasteiger partial charge on any atom is 0.309 e. The lowest BCUT2D eigenvalue weighted by molar-refractivity contribution is -0.233. The van der Waals surface area contributed by atoms with Crippen LogP contribution in [0.15, 0.2) is 11.1 Å². The number of rotatable bonds is 6. The molecule has 6 heteroatoms. The van der Waals surface area contributed by atoms with E-state index in [0.717, 1.165) is 57.1 Å². The summed E-state index contributed by atoms with van der Waals surface area (Å²) in [7, 11) is 0. The van der Waals surface area contributed by atoms with Crippen LogP contribution in [-0.4, -0.2) is 41.6 Å². The minimum Gasteiger partial charge on any atom is -0.481 e. The average Bonchev–Trinajstić information content (AvgIpc) is 3.69. The number of aliphatic carboxylic acids is 1. The minimum atomic E-state index is -1.14. The fourth-order valence-corrected chi connectivity index (χ4v) is 12.3. The fraction of sp³-hybridized carbons (Fsp3) is 0.865. The van der Waals surface area contributed by atoms with E-state index in [2.05, 4.69) is 48.5 Å². The van der Waals surface area contributed by atoms with Crippen molar-refractivity contribution in [1.29, 1.82) is 0 Å². The number of esters is 1. The van der Waals surface area contributed by atoms with Gasteiger partial charge in [-0.05, 0) is 111 Å². The van der Waals surface area contributed by atoms with Crippen molar-refractivity contribution in [2.75, 3.05) is 6.61 Å². The standard InChI is InChI=1S/C37H56O6/c1-21(2)29-23(38)18-37(27-20-42-27)17-16-35(8)22(30(29)37)10-11-25-34(7)14-13-26(43-28(39)19-32(3,4)31(40)41)33(5,6)24(34)12-15-36(25,35)9/h21-22,24-27H,10-20H2,1-9H3,(H,40,41)/t22-,24+,25-,26+,27-,34+,35-,36-,37+/m1/s1. The first-order chi connectivity index (χ1) is 19.8. The zero-order chi connectivity index (χ0) is 31.5. The van der Waals surface area contributed by atoms with E-state index >= 15 is 0 Å². The van der Waals surface area contributed by atoms with Crippen LogP contribution >= 0.6 is 0 Å². The Hall–Kier alpha value is -1.69. The Balaban J connectivity index is 1.29. The van der Waals surface area contributed by atoms with E-state index in [9.17, 15) is 19.5 Å². The molecule has 0 aromatic rings. The Morgan fingerprint density at radius 3 is 2.23 bits per heavy atom. The normalized spacial score (nSPS) is 45.2. The molecule has 4 saturated carbocycles. The van der Waals surface area contributed by atoms with Crippen LogP contribution in [0, 0.1) is 56.2 Å². The molecule has 5 fully saturated rings. The Morgan fingerprint density at radius 2 is 1.63 bits per heavy atom. The van der Waals surface area contributed by atoms with Crippen molar-refractivity contribution in [1.82, 2.24) is 0 Å². The van der Waals surface area contributed by atoms with Gasteiger partial charge in [0.1, 0.15) is 6.10 Å². The number of carbonyl (C=O) groups excluding carboxylic acids is 2. The molecule has 1 aliphatic heterocycles. The van der Waals surface area contributed by atoms with Gasteiger partial charge in [-0.15, -0.1) is 0 Å². The zero-order valence-electron chi connectivity index (χ0n) is 28.2. The van der Waals surface area contributed by atoms with Gasteiger partial charge in [-0.1, -0.05) is 54.0 Å². The SMILES string of the molecule is CC(C)C1=C2[C@H]3CC[C@@H]4[C@@]5(C)CC[C@H](OC(=O)CC(C)(C)C(=O)O)C(C)(C)[C@@H]5CC[C@@]4(C)[C@]3(C)CC[C@@]2([C@H]2CO2)CC1=O. The van der Waals surface area contributed by atoms with Gasteiger partial charge in [-0.2, -0.15) is 0 Å². The van der Waals surface area contributed by atoms with Crippen LogP contribution in [0.5, 0.6) is 0 Å². The second-order valence-corrected chi connectivity index (χ2v) is 17.9. The maximum atomic E-state index is 13.6. The number of ether oxygens (including phenoxy) is 2.